The Kier molecular flexibility index (Phi) is 4.57. The van der Waals surface area contributed by atoms with E-state index in [1.54, 1.807) is 18.2 Å². The number of hydrogen-bond acceptors (Lipinski definition) is 6. The van der Waals surface area contributed by atoms with Crippen LogP contribution in [-0.4, -0.2) is 34.0 Å². The number of nitriles is 1. The zero-order chi connectivity index (χ0) is 14.4. The molecular weight excluding hydrogens is 278 g/mol. The number of aromatic amines is 1. The summed E-state index contributed by atoms with van der Waals surface area (Å²) in [5.41, 5.74) is 0.475. The molecule has 2 aromatic rings. The molecule has 8 heteroatoms. The van der Waals surface area contributed by atoms with E-state index in [0.717, 1.165) is 4.90 Å². The van der Waals surface area contributed by atoms with Gasteiger partial charge in [-0.15, -0.1) is 16.9 Å². The fourth-order valence-electron chi connectivity index (χ4n) is 1.46. The standard InChI is InChI=1S/C12H11N5O2S/c1-19-12-15-11(16-17-12)14-10(18)8-4-2-3-5-9(8)20-7-6-13/h2-5H,7H2,1H3,(H2,14,15,16,17,18). The van der Waals surface area contributed by atoms with Gasteiger partial charge in [-0.05, 0) is 12.1 Å². The monoisotopic (exact) mass is 289 g/mol. The molecule has 20 heavy (non-hydrogen) atoms. The molecule has 0 saturated carbocycles. The maximum atomic E-state index is 12.2. The molecule has 102 valence electrons. The summed E-state index contributed by atoms with van der Waals surface area (Å²) in [5.74, 6) is 0.150. The maximum Gasteiger partial charge on any atom is 0.336 e. The molecular formula is C12H11N5O2S. The Morgan fingerprint density at radius 1 is 1.55 bits per heavy atom. The number of benzene rings is 1. The first-order chi connectivity index (χ1) is 9.74. The normalized spacial score (nSPS) is 9.80. The van der Waals surface area contributed by atoms with Crippen molar-refractivity contribution in [3.8, 4) is 12.1 Å². The Balaban J connectivity index is 2.14. The van der Waals surface area contributed by atoms with Gasteiger partial charge in [0.1, 0.15) is 0 Å². The highest BCUT2D eigenvalue weighted by atomic mass is 32.2. The van der Waals surface area contributed by atoms with E-state index < -0.39 is 0 Å². The topological polar surface area (TPSA) is 104 Å². The van der Waals surface area contributed by atoms with Crippen LogP contribution in [0.25, 0.3) is 0 Å². The van der Waals surface area contributed by atoms with Crippen molar-refractivity contribution in [2.75, 3.05) is 18.2 Å². The largest absolute Gasteiger partial charge is 0.466 e. The first-order valence-corrected chi connectivity index (χ1v) is 6.59. The number of nitrogens with one attached hydrogen (secondary N) is 2. The van der Waals surface area contributed by atoms with Crippen LogP contribution in [0.4, 0.5) is 5.95 Å². The second-order valence-electron chi connectivity index (χ2n) is 3.57. The number of carbonyl (C=O) groups excluding carboxylic acids is 1. The van der Waals surface area contributed by atoms with Crippen LogP contribution in [-0.2, 0) is 0 Å². The lowest BCUT2D eigenvalue weighted by Crippen LogP contribution is -2.14. The van der Waals surface area contributed by atoms with Gasteiger partial charge in [-0.2, -0.15) is 10.2 Å². The molecule has 0 aliphatic heterocycles. The van der Waals surface area contributed by atoms with E-state index in [4.69, 9.17) is 10.00 Å². The number of thioether (sulfide) groups is 1. The van der Waals surface area contributed by atoms with Gasteiger partial charge in [-0.3, -0.25) is 10.1 Å². The van der Waals surface area contributed by atoms with Crippen LogP contribution in [0.15, 0.2) is 29.2 Å². The smallest absolute Gasteiger partial charge is 0.336 e. The van der Waals surface area contributed by atoms with E-state index in [1.165, 1.54) is 18.9 Å². The molecule has 1 aromatic heterocycles. The van der Waals surface area contributed by atoms with Crippen molar-refractivity contribution in [1.29, 1.82) is 5.26 Å². The van der Waals surface area contributed by atoms with Crippen molar-refractivity contribution in [3.63, 3.8) is 0 Å². The summed E-state index contributed by atoms with van der Waals surface area (Å²) < 4.78 is 4.81. The number of amides is 1. The lowest BCUT2D eigenvalue weighted by atomic mass is 10.2. The third kappa shape index (κ3) is 3.27. The molecule has 0 unspecified atom stereocenters. The quantitative estimate of drug-likeness (QED) is 0.812. The Labute approximate surface area is 119 Å². The Hall–Kier alpha value is -2.53. The minimum absolute atomic E-state index is 0.146. The summed E-state index contributed by atoms with van der Waals surface area (Å²) in [6, 6.07) is 9.22. The lowest BCUT2D eigenvalue weighted by molar-refractivity contribution is 0.102. The molecule has 1 amide bonds. The molecule has 0 bridgehead atoms. The number of rotatable bonds is 5. The van der Waals surface area contributed by atoms with Gasteiger partial charge in [0.2, 0.25) is 5.95 Å². The maximum absolute atomic E-state index is 12.2. The second kappa shape index (κ2) is 6.58. The predicted octanol–water partition coefficient (Wildman–Crippen LogP) is 1.68. The van der Waals surface area contributed by atoms with Gasteiger partial charge in [0.15, 0.2) is 0 Å². The number of anilines is 1. The third-order valence-electron chi connectivity index (χ3n) is 2.30. The van der Waals surface area contributed by atoms with Gasteiger partial charge in [-0.25, -0.2) is 5.10 Å². The van der Waals surface area contributed by atoms with Crippen LogP contribution in [0.3, 0.4) is 0 Å². The van der Waals surface area contributed by atoms with Crippen molar-refractivity contribution in [1.82, 2.24) is 15.2 Å². The summed E-state index contributed by atoms with van der Waals surface area (Å²) in [7, 11) is 1.43. The average Bonchev–Trinajstić information content (AvgIpc) is 2.93. The van der Waals surface area contributed by atoms with Gasteiger partial charge >= 0.3 is 6.01 Å². The molecule has 0 atom stereocenters. The van der Waals surface area contributed by atoms with Crippen molar-refractivity contribution in [3.05, 3.63) is 29.8 Å². The molecule has 1 aromatic carbocycles. The van der Waals surface area contributed by atoms with E-state index in [0.29, 0.717) is 5.56 Å². The van der Waals surface area contributed by atoms with E-state index in [1.807, 2.05) is 12.1 Å². The number of ether oxygens (including phenoxy) is 1. The molecule has 0 aliphatic rings. The highest BCUT2D eigenvalue weighted by molar-refractivity contribution is 7.99. The first kappa shape index (κ1) is 13.9. The Bertz CT molecular complexity index is 649. The van der Waals surface area contributed by atoms with Crippen LogP contribution in [0.5, 0.6) is 6.01 Å². The summed E-state index contributed by atoms with van der Waals surface area (Å²) in [6.07, 6.45) is 0. The predicted molar refractivity (Wildman–Crippen MR) is 73.7 cm³/mol. The van der Waals surface area contributed by atoms with E-state index in [2.05, 4.69) is 20.5 Å². The zero-order valence-corrected chi connectivity index (χ0v) is 11.4. The minimum Gasteiger partial charge on any atom is -0.466 e. The minimum atomic E-state index is -0.329. The highest BCUT2D eigenvalue weighted by Crippen LogP contribution is 2.22. The molecule has 2 rings (SSSR count). The van der Waals surface area contributed by atoms with Crippen LogP contribution in [0.1, 0.15) is 10.4 Å². The zero-order valence-electron chi connectivity index (χ0n) is 10.6. The molecule has 0 radical (unpaired) electrons. The highest BCUT2D eigenvalue weighted by Gasteiger charge is 2.13. The van der Waals surface area contributed by atoms with E-state index in [9.17, 15) is 4.79 Å². The summed E-state index contributed by atoms with van der Waals surface area (Å²) in [4.78, 5) is 16.8. The third-order valence-corrected chi connectivity index (χ3v) is 3.24. The number of aromatic nitrogens is 3. The SMILES string of the molecule is COc1n[nH]c(NC(=O)c2ccccc2SCC#N)n1. The molecule has 0 spiro atoms. The van der Waals surface area contributed by atoms with Crippen LogP contribution in [0.2, 0.25) is 0 Å². The number of methoxy groups -OCH3 is 1. The second-order valence-corrected chi connectivity index (χ2v) is 4.58. The van der Waals surface area contributed by atoms with Gasteiger partial charge in [0.25, 0.3) is 5.91 Å². The molecule has 0 aliphatic carbocycles. The lowest BCUT2D eigenvalue weighted by Gasteiger charge is -2.06. The van der Waals surface area contributed by atoms with Crippen LogP contribution < -0.4 is 10.1 Å². The first-order valence-electron chi connectivity index (χ1n) is 5.61. The summed E-state index contributed by atoms with van der Waals surface area (Å²) in [6.45, 7) is 0. The van der Waals surface area contributed by atoms with Crippen molar-refractivity contribution in [2.24, 2.45) is 0 Å². The fraction of sp³-hybridized carbons (Fsp3) is 0.167. The fourth-order valence-corrected chi connectivity index (χ4v) is 2.17. The molecule has 0 fully saturated rings. The number of H-pyrrole nitrogens is 1. The number of hydrogen-bond donors (Lipinski definition) is 2. The molecule has 2 N–H and O–H groups in total. The van der Waals surface area contributed by atoms with Crippen LogP contribution >= 0.6 is 11.8 Å². The van der Waals surface area contributed by atoms with Gasteiger partial charge in [0.05, 0.1) is 24.5 Å². The molecule has 0 saturated heterocycles. The van der Waals surface area contributed by atoms with Gasteiger partial charge in [-0.1, -0.05) is 12.1 Å². The Morgan fingerprint density at radius 2 is 2.35 bits per heavy atom. The van der Waals surface area contributed by atoms with Crippen LogP contribution in [0, 0.1) is 11.3 Å². The molecule has 1 heterocycles. The van der Waals surface area contributed by atoms with Crippen molar-refractivity contribution < 1.29 is 9.53 Å². The molecule has 7 nitrogen and oxygen atoms in total. The average molecular weight is 289 g/mol. The number of nitrogens with zero attached hydrogens (tertiary/aromatic N) is 3. The van der Waals surface area contributed by atoms with E-state index >= 15 is 0 Å². The summed E-state index contributed by atoms with van der Waals surface area (Å²) >= 11 is 1.30. The van der Waals surface area contributed by atoms with Crippen molar-refractivity contribution >= 4 is 23.6 Å². The van der Waals surface area contributed by atoms with Gasteiger partial charge in [0, 0.05) is 4.90 Å². The van der Waals surface area contributed by atoms with Gasteiger partial charge < -0.3 is 4.74 Å². The number of carbonyl (C=O) groups is 1. The van der Waals surface area contributed by atoms with Crippen molar-refractivity contribution in [2.45, 2.75) is 4.90 Å². The summed E-state index contributed by atoms with van der Waals surface area (Å²) in [5, 5.41) is 17.5. The Morgan fingerprint density at radius 3 is 3.05 bits per heavy atom. The van der Waals surface area contributed by atoms with E-state index in [-0.39, 0.29) is 23.6 Å².